The third kappa shape index (κ3) is 2.00. The number of benzene rings is 1. The van der Waals surface area contributed by atoms with Crippen LogP contribution in [0.5, 0.6) is 0 Å². The highest BCUT2D eigenvalue weighted by Crippen LogP contribution is 2.22. The number of nitrogens with one attached hydrogen (secondary N) is 1. The van der Waals surface area contributed by atoms with Crippen LogP contribution in [0.15, 0.2) is 48.7 Å². The fourth-order valence-electron chi connectivity index (χ4n) is 1.82. The van der Waals surface area contributed by atoms with Crippen LogP contribution in [0.25, 0.3) is 11.0 Å². The van der Waals surface area contributed by atoms with Gasteiger partial charge in [0.15, 0.2) is 5.65 Å². The number of rotatable bonds is 2. The molecule has 0 spiro atoms. The van der Waals surface area contributed by atoms with Gasteiger partial charge >= 0.3 is 0 Å². The van der Waals surface area contributed by atoms with Gasteiger partial charge in [0.2, 0.25) is 0 Å². The first-order chi connectivity index (χ1) is 8.83. The summed E-state index contributed by atoms with van der Waals surface area (Å²) in [5.41, 5.74) is 1.71. The van der Waals surface area contributed by atoms with E-state index in [9.17, 15) is 0 Å². The lowest BCUT2D eigenvalue weighted by atomic mass is 10.3. The molecule has 0 aliphatic carbocycles. The molecule has 4 heteroatoms. The van der Waals surface area contributed by atoms with Gasteiger partial charge < -0.3 is 5.32 Å². The third-order valence-electron chi connectivity index (χ3n) is 2.62. The first-order valence-corrected chi connectivity index (χ1v) is 5.74. The van der Waals surface area contributed by atoms with Crippen molar-refractivity contribution in [2.45, 2.75) is 6.92 Å². The number of para-hydroxylation sites is 1. The Labute approximate surface area is 105 Å². The van der Waals surface area contributed by atoms with Crippen molar-refractivity contribution in [3.63, 3.8) is 0 Å². The molecule has 0 fully saturated rings. The first-order valence-electron chi connectivity index (χ1n) is 5.74. The zero-order valence-corrected chi connectivity index (χ0v) is 9.96. The predicted molar refractivity (Wildman–Crippen MR) is 71.8 cm³/mol. The minimum atomic E-state index is 0.708. The zero-order valence-electron chi connectivity index (χ0n) is 9.96. The highest BCUT2D eigenvalue weighted by atomic mass is 15.0. The van der Waals surface area contributed by atoms with Gasteiger partial charge in [-0.15, -0.1) is 0 Å². The summed E-state index contributed by atoms with van der Waals surface area (Å²) in [6, 6.07) is 13.8. The van der Waals surface area contributed by atoms with E-state index in [1.165, 1.54) is 0 Å². The Balaban J connectivity index is 2.11. The standard InChI is InChI=1S/C14H12N4/c1-10-16-13-12(8-5-9-15-13)14(17-10)18-11-6-3-2-4-7-11/h2-9H,1H3,(H,15,16,17,18). The normalized spacial score (nSPS) is 10.5. The molecule has 2 aromatic heterocycles. The zero-order chi connectivity index (χ0) is 12.4. The summed E-state index contributed by atoms with van der Waals surface area (Å²) < 4.78 is 0. The van der Waals surface area contributed by atoms with Gasteiger partial charge in [-0.25, -0.2) is 15.0 Å². The van der Waals surface area contributed by atoms with Crippen molar-refractivity contribution in [3.05, 3.63) is 54.5 Å². The number of anilines is 2. The quantitative estimate of drug-likeness (QED) is 0.742. The molecule has 2 heterocycles. The Morgan fingerprint density at radius 1 is 0.944 bits per heavy atom. The fraction of sp³-hybridized carbons (Fsp3) is 0.0714. The van der Waals surface area contributed by atoms with Crippen LogP contribution in [0, 0.1) is 6.92 Å². The van der Waals surface area contributed by atoms with Crippen molar-refractivity contribution < 1.29 is 0 Å². The molecule has 1 N–H and O–H groups in total. The molecule has 1 aromatic carbocycles. The molecule has 4 nitrogen and oxygen atoms in total. The van der Waals surface area contributed by atoms with Crippen LogP contribution in [0.3, 0.4) is 0 Å². The average Bonchev–Trinajstić information content (AvgIpc) is 2.40. The molecule has 18 heavy (non-hydrogen) atoms. The van der Waals surface area contributed by atoms with Crippen molar-refractivity contribution in [2.24, 2.45) is 0 Å². The largest absolute Gasteiger partial charge is 0.340 e. The van der Waals surface area contributed by atoms with Crippen molar-refractivity contribution in [2.75, 3.05) is 5.32 Å². The molecule has 3 aromatic rings. The maximum Gasteiger partial charge on any atom is 0.164 e. The number of aryl methyl sites for hydroxylation is 1. The van der Waals surface area contributed by atoms with Gasteiger partial charge in [-0.3, -0.25) is 0 Å². The molecular formula is C14H12N4. The van der Waals surface area contributed by atoms with E-state index < -0.39 is 0 Å². The molecule has 0 aliphatic heterocycles. The van der Waals surface area contributed by atoms with E-state index in [0.29, 0.717) is 11.5 Å². The number of fused-ring (bicyclic) bond motifs is 1. The highest BCUT2D eigenvalue weighted by molar-refractivity contribution is 5.88. The Bertz CT molecular complexity index is 680. The molecule has 0 aliphatic rings. The lowest BCUT2D eigenvalue weighted by Gasteiger charge is -2.08. The average molecular weight is 236 g/mol. The second-order valence-electron chi connectivity index (χ2n) is 3.99. The van der Waals surface area contributed by atoms with E-state index in [1.807, 2.05) is 49.4 Å². The van der Waals surface area contributed by atoms with Crippen LogP contribution in [-0.4, -0.2) is 15.0 Å². The molecule has 0 bridgehead atoms. The van der Waals surface area contributed by atoms with Gasteiger partial charge in [-0.1, -0.05) is 18.2 Å². The first kappa shape index (κ1) is 10.7. The Morgan fingerprint density at radius 3 is 2.61 bits per heavy atom. The summed E-state index contributed by atoms with van der Waals surface area (Å²) in [5.74, 6) is 1.50. The summed E-state index contributed by atoms with van der Waals surface area (Å²) in [6.07, 6.45) is 1.74. The molecule has 0 radical (unpaired) electrons. The number of pyridine rings is 1. The highest BCUT2D eigenvalue weighted by Gasteiger charge is 2.05. The molecule has 0 saturated carbocycles. The second-order valence-corrected chi connectivity index (χ2v) is 3.99. The summed E-state index contributed by atoms with van der Waals surface area (Å²) in [7, 11) is 0. The van der Waals surface area contributed by atoms with E-state index in [2.05, 4.69) is 20.3 Å². The maximum atomic E-state index is 4.43. The maximum absolute atomic E-state index is 4.43. The molecule has 0 saturated heterocycles. The van der Waals surface area contributed by atoms with Crippen LogP contribution in [0.4, 0.5) is 11.5 Å². The fourth-order valence-corrected chi connectivity index (χ4v) is 1.82. The topological polar surface area (TPSA) is 50.7 Å². The van der Waals surface area contributed by atoms with E-state index in [0.717, 1.165) is 16.9 Å². The van der Waals surface area contributed by atoms with Crippen molar-refractivity contribution in [1.82, 2.24) is 15.0 Å². The van der Waals surface area contributed by atoms with Crippen LogP contribution in [0.2, 0.25) is 0 Å². The van der Waals surface area contributed by atoms with Gasteiger partial charge in [-0.2, -0.15) is 0 Å². The number of aromatic nitrogens is 3. The Hall–Kier alpha value is -2.49. The van der Waals surface area contributed by atoms with E-state index in [1.54, 1.807) is 6.20 Å². The van der Waals surface area contributed by atoms with E-state index >= 15 is 0 Å². The number of hydrogen-bond acceptors (Lipinski definition) is 4. The monoisotopic (exact) mass is 236 g/mol. The Morgan fingerprint density at radius 2 is 1.78 bits per heavy atom. The van der Waals surface area contributed by atoms with Crippen LogP contribution >= 0.6 is 0 Å². The molecule has 88 valence electrons. The summed E-state index contributed by atoms with van der Waals surface area (Å²) >= 11 is 0. The van der Waals surface area contributed by atoms with Gasteiger partial charge in [0.25, 0.3) is 0 Å². The summed E-state index contributed by atoms with van der Waals surface area (Å²) in [4.78, 5) is 13.0. The van der Waals surface area contributed by atoms with Gasteiger partial charge in [0.05, 0.1) is 5.39 Å². The van der Waals surface area contributed by atoms with E-state index in [-0.39, 0.29) is 0 Å². The number of hydrogen-bond donors (Lipinski definition) is 1. The third-order valence-corrected chi connectivity index (χ3v) is 2.62. The van der Waals surface area contributed by atoms with Crippen molar-refractivity contribution in [3.8, 4) is 0 Å². The van der Waals surface area contributed by atoms with Crippen LogP contribution in [-0.2, 0) is 0 Å². The lowest BCUT2D eigenvalue weighted by molar-refractivity contribution is 1.07. The SMILES string of the molecule is Cc1nc(Nc2ccccc2)c2cccnc2n1. The smallest absolute Gasteiger partial charge is 0.164 e. The molecule has 0 amide bonds. The van der Waals surface area contributed by atoms with E-state index in [4.69, 9.17) is 0 Å². The minimum absolute atomic E-state index is 0.708. The second kappa shape index (κ2) is 4.41. The molecule has 0 atom stereocenters. The van der Waals surface area contributed by atoms with Crippen LogP contribution < -0.4 is 5.32 Å². The Kier molecular flexibility index (Phi) is 2.61. The molecule has 0 unspecified atom stereocenters. The summed E-state index contributed by atoms with van der Waals surface area (Å²) in [6.45, 7) is 1.87. The molecular weight excluding hydrogens is 224 g/mol. The van der Waals surface area contributed by atoms with Crippen molar-refractivity contribution >= 4 is 22.5 Å². The number of nitrogens with zero attached hydrogens (tertiary/aromatic N) is 3. The van der Waals surface area contributed by atoms with Crippen molar-refractivity contribution in [1.29, 1.82) is 0 Å². The van der Waals surface area contributed by atoms with Gasteiger partial charge in [0, 0.05) is 11.9 Å². The minimum Gasteiger partial charge on any atom is -0.340 e. The molecule has 3 rings (SSSR count). The lowest BCUT2D eigenvalue weighted by Crippen LogP contribution is -1.99. The summed E-state index contributed by atoms with van der Waals surface area (Å²) in [5, 5.41) is 4.22. The van der Waals surface area contributed by atoms with Crippen LogP contribution in [0.1, 0.15) is 5.82 Å². The predicted octanol–water partition coefficient (Wildman–Crippen LogP) is 3.08. The van der Waals surface area contributed by atoms with Gasteiger partial charge in [0.1, 0.15) is 11.6 Å². The van der Waals surface area contributed by atoms with Gasteiger partial charge in [-0.05, 0) is 31.2 Å².